The fraction of sp³-hybridized carbons (Fsp3) is 0.424. The number of hydrogen-bond donors (Lipinski definition) is 2. The van der Waals surface area contributed by atoms with Gasteiger partial charge >= 0.3 is 0 Å². The Labute approximate surface area is 258 Å². The lowest BCUT2D eigenvalue weighted by molar-refractivity contribution is -0.130. The highest BCUT2D eigenvalue weighted by atomic mass is 16.5. The van der Waals surface area contributed by atoms with Crippen LogP contribution in [0.2, 0.25) is 0 Å². The molecule has 5 rings (SSSR count). The maximum Gasteiger partial charge on any atom is 0.257 e. The van der Waals surface area contributed by atoms with Gasteiger partial charge in [-0.25, -0.2) is 0 Å². The van der Waals surface area contributed by atoms with Crippen LogP contribution in [0, 0.1) is 6.92 Å². The van der Waals surface area contributed by atoms with Crippen molar-refractivity contribution in [2.45, 2.75) is 51.7 Å². The van der Waals surface area contributed by atoms with Crippen LogP contribution in [0.25, 0.3) is 0 Å². The van der Waals surface area contributed by atoms with Crippen molar-refractivity contribution >= 4 is 23.5 Å². The average Bonchev–Trinajstić information content (AvgIpc) is 3.78. The van der Waals surface area contributed by atoms with Gasteiger partial charge in [-0.15, -0.1) is 0 Å². The topological polar surface area (TPSA) is 122 Å². The Balaban J connectivity index is 1.44. The molecule has 232 valence electrons. The number of pyridine rings is 1. The molecule has 0 spiro atoms. The number of aromatic nitrogens is 3. The summed E-state index contributed by atoms with van der Waals surface area (Å²) in [7, 11) is 1.77. The van der Waals surface area contributed by atoms with Gasteiger partial charge < -0.3 is 20.3 Å². The molecule has 0 unspecified atom stereocenters. The van der Waals surface area contributed by atoms with Crippen LogP contribution in [0.4, 0.5) is 5.82 Å². The van der Waals surface area contributed by atoms with Gasteiger partial charge in [0, 0.05) is 69.8 Å². The van der Waals surface area contributed by atoms with E-state index in [1.165, 1.54) is 24.5 Å². The lowest BCUT2D eigenvalue weighted by Crippen LogP contribution is -2.54. The highest BCUT2D eigenvalue weighted by Gasteiger charge is 2.31. The smallest absolute Gasteiger partial charge is 0.257 e. The average molecular weight is 600 g/mol. The molecule has 1 saturated carbocycles. The highest BCUT2D eigenvalue weighted by molar-refractivity contribution is 6.07. The molecule has 2 N–H and O–H groups in total. The molecule has 2 aromatic heterocycles. The molecule has 1 aliphatic heterocycles. The zero-order chi connectivity index (χ0) is 31.4. The van der Waals surface area contributed by atoms with E-state index >= 15 is 0 Å². The van der Waals surface area contributed by atoms with Gasteiger partial charge in [0.15, 0.2) is 11.9 Å². The summed E-state index contributed by atoms with van der Waals surface area (Å²) in [4.78, 5) is 47.7. The molecule has 2 fully saturated rings. The van der Waals surface area contributed by atoms with Gasteiger partial charge in [-0.3, -0.25) is 28.9 Å². The van der Waals surface area contributed by atoms with Crippen LogP contribution < -0.4 is 15.4 Å². The molecule has 1 aliphatic carbocycles. The number of amides is 3. The van der Waals surface area contributed by atoms with Crippen molar-refractivity contribution < 1.29 is 19.1 Å². The number of ether oxygens (including phenoxy) is 1. The fourth-order valence-electron chi connectivity index (χ4n) is 5.61. The number of nitrogens with zero attached hydrogens (tertiary/aromatic N) is 5. The van der Waals surface area contributed by atoms with Crippen molar-refractivity contribution in [3.05, 3.63) is 83.3 Å². The lowest BCUT2D eigenvalue weighted by Gasteiger charge is -2.40. The monoisotopic (exact) mass is 599 g/mol. The Kier molecular flexibility index (Phi) is 9.43. The van der Waals surface area contributed by atoms with Gasteiger partial charge in [0.1, 0.15) is 5.75 Å². The van der Waals surface area contributed by atoms with Crippen LogP contribution in [-0.4, -0.2) is 81.1 Å². The molecule has 0 radical (unpaired) electrons. The van der Waals surface area contributed by atoms with E-state index in [-0.39, 0.29) is 29.3 Å². The summed E-state index contributed by atoms with van der Waals surface area (Å²) in [5.74, 6) is 0.583. The first-order valence-corrected chi connectivity index (χ1v) is 15.2. The molecule has 2 atom stereocenters. The Bertz CT molecular complexity index is 1530. The van der Waals surface area contributed by atoms with E-state index in [0.717, 1.165) is 5.69 Å². The Morgan fingerprint density at radius 1 is 1.14 bits per heavy atom. The first kappa shape index (κ1) is 30.9. The molecule has 0 bridgehead atoms. The Morgan fingerprint density at radius 3 is 2.55 bits per heavy atom. The molecule has 1 saturated heterocycles. The number of benzene rings is 1. The van der Waals surface area contributed by atoms with E-state index in [2.05, 4.69) is 33.3 Å². The van der Waals surface area contributed by atoms with E-state index < -0.39 is 6.10 Å². The molecule has 11 nitrogen and oxygen atoms in total. The predicted octanol–water partition coefficient (Wildman–Crippen LogP) is 3.84. The van der Waals surface area contributed by atoms with Crippen LogP contribution in [0.1, 0.15) is 76.2 Å². The van der Waals surface area contributed by atoms with Gasteiger partial charge in [-0.2, -0.15) is 5.10 Å². The summed E-state index contributed by atoms with van der Waals surface area (Å²) in [6.07, 6.45) is 6.88. The van der Waals surface area contributed by atoms with E-state index in [1.54, 1.807) is 36.1 Å². The number of rotatable bonds is 11. The number of nitrogens with one attached hydrogen (secondary N) is 2. The maximum atomic E-state index is 13.3. The number of carbonyl (C=O) groups is 3. The molecule has 3 amide bonds. The van der Waals surface area contributed by atoms with E-state index in [0.29, 0.717) is 61.3 Å². The van der Waals surface area contributed by atoms with Crippen molar-refractivity contribution in [3.8, 4) is 5.75 Å². The number of aryl methyl sites for hydroxylation is 2. The summed E-state index contributed by atoms with van der Waals surface area (Å²) in [5, 5.41) is 9.88. The van der Waals surface area contributed by atoms with Gasteiger partial charge in [-0.1, -0.05) is 12.6 Å². The van der Waals surface area contributed by atoms with Crippen LogP contribution in [0.3, 0.4) is 0 Å². The summed E-state index contributed by atoms with van der Waals surface area (Å²) in [6, 6.07) is 9.15. The zero-order valence-corrected chi connectivity index (χ0v) is 25.9. The zero-order valence-electron chi connectivity index (χ0n) is 25.9. The fourth-order valence-corrected chi connectivity index (χ4v) is 5.61. The number of anilines is 1. The van der Waals surface area contributed by atoms with Gasteiger partial charge in [0.25, 0.3) is 11.8 Å². The lowest BCUT2D eigenvalue weighted by atomic mass is 10.0. The van der Waals surface area contributed by atoms with Crippen molar-refractivity contribution in [1.82, 2.24) is 29.9 Å². The third-order valence-corrected chi connectivity index (χ3v) is 8.16. The minimum absolute atomic E-state index is 0.00476. The Hall–Kier alpha value is -4.51. The van der Waals surface area contributed by atoms with Gasteiger partial charge in [0.2, 0.25) is 5.91 Å². The number of hydrogen-bond acceptors (Lipinski definition) is 7. The van der Waals surface area contributed by atoms with E-state index in [9.17, 15) is 14.4 Å². The largest absolute Gasteiger partial charge is 0.482 e. The second-order valence-electron chi connectivity index (χ2n) is 11.6. The van der Waals surface area contributed by atoms with E-state index in [1.807, 2.05) is 37.9 Å². The highest BCUT2D eigenvalue weighted by Crippen LogP contribution is 2.40. The molecule has 2 aliphatic rings. The molecule has 3 heterocycles. The first-order valence-electron chi connectivity index (χ1n) is 15.2. The predicted molar refractivity (Wildman–Crippen MR) is 168 cm³/mol. The van der Waals surface area contributed by atoms with Crippen molar-refractivity contribution in [2.75, 3.05) is 38.0 Å². The summed E-state index contributed by atoms with van der Waals surface area (Å²) in [6.45, 7) is 12.1. The second kappa shape index (κ2) is 13.4. The molecule has 3 aromatic rings. The first-order chi connectivity index (χ1) is 21.2. The van der Waals surface area contributed by atoms with E-state index in [4.69, 9.17) is 9.72 Å². The Morgan fingerprint density at radius 2 is 1.93 bits per heavy atom. The van der Waals surface area contributed by atoms with Crippen molar-refractivity contribution in [3.63, 3.8) is 0 Å². The minimum atomic E-state index is -0.502. The van der Waals surface area contributed by atoms with Gasteiger partial charge in [-0.05, 0) is 74.9 Å². The molecular weight excluding hydrogens is 558 g/mol. The van der Waals surface area contributed by atoms with Crippen LogP contribution in [0.5, 0.6) is 5.75 Å². The standard InChI is InChI=1S/C33H41N7O4/c1-6-31(41)40-15-14-39(19-22(40)4)20-29(27-11-10-24(18-35-27)23-8-9-23)44-28-16-21(3)25(17-26(28)32(42)34-7-2)33(43)36-30-12-13-38(5)37-30/h6,10-13,16-18,22-23,29H,1,7-9,14-15,19-20H2,2-5H3,(H,34,42)(H,36,37,43)/t22-,29-/m1/s1. The van der Waals surface area contributed by atoms with Crippen LogP contribution in [-0.2, 0) is 11.8 Å². The normalized spacial score (nSPS) is 17.5. The SMILES string of the molecule is C=CC(=O)N1CCN(C[C@@H](Oc2cc(C)c(C(=O)Nc3ccn(C)n3)cc2C(=O)NCC)c2ccc(C3CC3)cn2)C[C@H]1C. The quantitative estimate of drug-likeness (QED) is 0.321. The summed E-state index contributed by atoms with van der Waals surface area (Å²) in [5.41, 5.74) is 3.24. The van der Waals surface area contributed by atoms with Crippen molar-refractivity contribution in [2.24, 2.45) is 7.05 Å². The molecule has 44 heavy (non-hydrogen) atoms. The number of carbonyl (C=O) groups excluding carboxylic acids is 3. The van der Waals surface area contributed by atoms with Crippen LogP contribution in [0.15, 0.2) is 55.4 Å². The molecule has 1 aromatic carbocycles. The second-order valence-corrected chi connectivity index (χ2v) is 11.6. The third kappa shape index (κ3) is 7.16. The summed E-state index contributed by atoms with van der Waals surface area (Å²) >= 11 is 0. The minimum Gasteiger partial charge on any atom is -0.482 e. The third-order valence-electron chi connectivity index (χ3n) is 8.16. The maximum absolute atomic E-state index is 13.3. The summed E-state index contributed by atoms with van der Waals surface area (Å²) < 4.78 is 8.28. The van der Waals surface area contributed by atoms with Gasteiger partial charge in [0.05, 0.1) is 11.3 Å². The van der Waals surface area contributed by atoms with Crippen molar-refractivity contribution in [1.29, 1.82) is 0 Å². The molecular formula is C33H41N7O4. The van der Waals surface area contributed by atoms with Crippen LogP contribution >= 0.6 is 0 Å². The molecule has 11 heteroatoms. The number of piperazine rings is 1.